The number of nitrogens with zero attached hydrogens (tertiary/aromatic N) is 1. The first-order valence-electron chi connectivity index (χ1n) is 5.95. The molecule has 1 aliphatic rings. The lowest BCUT2D eigenvalue weighted by atomic mass is 9.97. The number of benzene rings is 1. The SMILES string of the molecule is CN(/C=C1/C=CC(C(=O)O)C(N)=C1)c1ccccc1. The van der Waals surface area contributed by atoms with Gasteiger partial charge in [0.25, 0.3) is 0 Å². The fourth-order valence-corrected chi connectivity index (χ4v) is 1.92. The Morgan fingerprint density at radius 2 is 2.05 bits per heavy atom. The van der Waals surface area contributed by atoms with Crippen LogP contribution in [0.15, 0.2) is 66.0 Å². The van der Waals surface area contributed by atoms with Crippen LogP contribution < -0.4 is 10.6 Å². The van der Waals surface area contributed by atoms with Crippen molar-refractivity contribution in [2.45, 2.75) is 0 Å². The third-order valence-corrected chi connectivity index (χ3v) is 2.95. The topological polar surface area (TPSA) is 66.6 Å². The van der Waals surface area contributed by atoms with Crippen LogP contribution in [0, 0.1) is 5.92 Å². The number of carboxylic acids is 1. The molecule has 0 radical (unpaired) electrons. The Bertz CT molecular complexity index is 559. The van der Waals surface area contributed by atoms with Crippen LogP contribution in [0.25, 0.3) is 0 Å². The van der Waals surface area contributed by atoms with E-state index in [1.807, 2.05) is 48.5 Å². The second-order valence-corrected chi connectivity index (χ2v) is 4.39. The zero-order chi connectivity index (χ0) is 13.8. The summed E-state index contributed by atoms with van der Waals surface area (Å²) in [5.41, 5.74) is 8.03. The summed E-state index contributed by atoms with van der Waals surface area (Å²) in [5.74, 6) is -1.65. The molecule has 4 heteroatoms. The van der Waals surface area contributed by atoms with Gasteiger partial charge in [0.05, 0.1) is 0 Å². The molecule has 0 saturated heterocycles. The van der Waals surface area contributed by atoms with E-state index in [0.29, 0.717) is 5.70 Å². The molecule has 98 valence electrons. The highest BCUT2D eigenvalue weighted by atomic mass is 16.4. The lowest BCUT2D eigenvalue weighted by molar-refractivity contribution is -0.138. The number of para-hydroxylation sites is 1. The second-order valence-electron chi connectivity index (χ2n) is 4.39. The average molecular weight is 256 g/mol. The van der Waals surface area contributed by atoms with Crippen molar-refractivity contribution in [3.63, 3.8) is 0 Å². The van der Waals surface area contributed by atoms with E-state index in [4.69, 9.17) is 10.8 Å². The Balaban J connectivity index is 2.18. The van der Waals surface area contributed by atoms with E-state index in [1.165, 1.54) is 0 Å². The zero-order valence-electron chi connectivity index (χ0n) is 10.7. The first kappa shape index (κ1) is 13.0. The monoisotopic (exact) mass is 256 g/mol. The van der Waals surface area contributed by atoms with E-state index >= 15 is 0 Å². The van der Waals surface area contributed by atoms with Crippen molar-refractivity contribution in [3.05, 3.63) is 66.0 Å². The van der Waals surface area contributed by atoms with Crippen molar-refractivity contribution < 1.29 is 9.90 Å². The number of carboxylic acid groups (broad SMARTS) is 1. The number of hydrogen-bond acceptors (Lipinski definition) is 3. The predicted molar refractivity (Wildman–Crippen MR) is 75.5 cm³/mol. The fourth-order valence-electron chi connectivity index (χ4n) is 1.92. The van der Waals surface area contributed by atoms with Crippen LogP contribution >= 0.6 is 0 Å². The lowest BCUT2D eigenvalue weighted by Gasteiger charge is -2.18. The molecular formula is C15H16N2O2. The van der Waals surface area contributed by atoms with E-state index in [2.05, 4.69) is 0 Å². The molecule has 0 bridgehead atoms. The average Bonchev–Trinajstić information content (AvgIpc) is 2.39. The van der Waals surface area contributed by atoms with E-state index in [9.17, 15) is 4.79 Å². The molecule has 1 aromatic carbocycles. The van der Waals surface area contributed by atoms with Gasteiger partial charge in [0.1, 0.15) is 5.92 Å². The van der Waals surface area contributed by atoms with Crippen LogP contribution in [0.5, 0.6) is 0 Å². The van der Waals surface area contributed by atoms with Crippen molar-refractivity contribution >= 4 is 11.7 Å². The van der Waals surface area contributed by atoms with Crippen molar-refractivity contribution in [3.8, 4) is 0 Å². The molecule has 4 nitrogen and oxygen atoms in total. The first-order chi connectivity index (χ1) is 9.08. The van der Waals surface area contributed by atoms with Gasteiger partial charge in [-0.2, -0.15) is 0 Å². The summed E-state index contributed by atoms with van der Waals surface area (Å²) >= 11 is 0. The van der Waals surface area contributed by atoms with Gasteiger partial charge in [0.2, 0.25) is 0 Å². The molecule has 0 heterocycles. The Morgan fingerprint density at radius 3 is 2.63 bits per heavy atom. The van der Waals surface area contributed by atoms with Gasteiger partial charge >= 0.3 is 5.97 Å². The molecule has 0 fully saturated rings. The Kier molecular flexibility index (Phi) is 3.71. The smallest absolute Gasteiger partial charge is 0.316 e. The molecule has 0 amide bonds. The molecule has 1 aromatic rings. The maximum absolute atomic E-state index is 10.9. The van der Waals surface area contributed by atoms with Crippen molar-refractivity contribution in [2.24, 2.45) is 11.7 Å². The molecule has 0 saturated carbocycles. The van der Waals surface area contributed by atoms with E-state index < -0.39 is 11.9 Å². The van der Waals surface area contributed by atoms with Gasteiger partial charge in [-0.1, -0.05) is 30.4 Å². The predicted octanol–water partition coefficient (Wildman–Crippen LogP) is 2.12. The van der Waals surface area contributed by atoms with Crippen LogP contribution in [0.4, 0.5) is 5.69 Å². The molecule has 3 N–H and O–H groups in total. The maximum Gasteiger partial charge on any atom is 0.316 e. The lowest BCUT2D eigenvalue weighted by Crippen LogP contribution is -2.21. The molecular weight excluding hydrogens is 240 g/mol. The summed E-state index contributed by atoms with van der Waals surface area (Å²) in [6.45, 7) is 0. The quantitative estimate of drug-likeness (QED) is 0.869. The normalized spacial score (nSPS) is 20.2. The molecule has 1 aliphatic carbocycles. The number of carbonyl (C=O) groups is 1. The Hall–Kier alpha value is -2.49. The minimum absolute atomic E-state index is 0.350. The second kappa shape index (κ2) is 5.44. The van der Waals surface area contributed by atoms with Crippen LogP contribution in [0.2, 0.25) is 0 Å². The van der Waals surface area contributed by atoms with Gasteiger partial charge in [0.15, 0.2) is 0 Å². The van der Waals surface area contributed by atoms with E-state index in [1.54, 1.807) is 18.2 Å². The number of hydrogen-bond donors (Lipinski definition) is 2. The summed E-state index contributed by atoms with van der Waals surface area (Å²) in [4.78, 5) is 12.9. The molecule has 0 aliphatic heterocycles. The van der Waals surface area contributed by atoms with Gasteiger partial charge in [-0.3, -0.25) is 4.79 Å². The third kappa shape index (κ3) is 3.04. The maximum atomic E-state index is 10.9. The van der Waals surface area contributed by atoms with Crippen molar-refractivity contribution in [1.29, 1.82) is 0 Å². The number of nitrogens with two attached hydrogens (primary N) is 1. The zero-order valence-corrected chi connectivity index (χ0v) is 10.7. The molecule has 1 unspecified atom stereocenters. The van der Waals surface area contributed by atoms with Crippen molar-refractivity contribution in [1.82, 2.24) is 0 Å². The number of allylic oxidation sites excluding steroid dienone is 3. The highest BCUT2D eigenvalue weighted by Crippen LogP contribution is 2.20. The molecule has 19 heavy (non-hydrogen) atoms. The van der Waals surface area contributed by atoms with Crippen LogP contribution in [0.1, 0.15) is 0 Å². The van der Waals surface area contributed by atoms with Crippen LogP contribution in [0.3, 0.4) is 0 Å². The molecule has 2 rings (SSSR count). The first-order valence-corrected chi connectivity index (χ1v) is 5.95. The minimum Gasteiger partial charge on any atom is -0.481 e. The largest absolute Gasteiger partial charge is 0.481 e. The van der Waals surface area contributed by atoms with Gasteiger partial charge < -0.3 is 15.7 Å². The summed E-state index contributed by atoms with van der Waals surface area (Å²) in [5, 5.41) is 8.95. The number of anilines is 1. The highest BCUT2D eigenvalue weighted by Gasteiger charge is 2.19. The summed E-state index contributed by atoms with van der Waals surface area (Å²) in [6, 6.07) is 9.88. The van der Waals surface area contributed by atoms with Gasteiger partial charge in [0, 0.05) is 24.6 Å². The van der Waals surface area contributed by atoms with Gasteiger partial charge in [-0.05, 0) is 23.8 Å². The Labute approximate surface area is 112 Å². The van der Waals surface area contributed by atoms with Gasteiger partial charge in [-0.15, -0.1) is 0 Å². The Morgan fingerprint density at radius 1 is 1.37 bits per heavy atom. The summed E-state index contributed by atoms with van der Waals surface area (Å²) in [6.07, 6.45) is 6.98. The fraction of sp³-hybridized carbons (Fsp3) is 0.133. The van der Waals surface area contributed by atoms with Gasteiger partial charge in [-0.25, -0.2) is 0 Å². The van der Waals surface area contributed by atoms with E-state index in [-0.39, 0.29) is 0 Å². The van der Waals surface area contributed by atoms with E-state index in [0.717, 1.165) is 11.3 Å². The summed E-state index contributed by atoms with van der Waals surface area (Å²) in [7, 11) is 1.93. The third-order valence-electron chi connectivity index (χ3n) is 2.95. The number of aliphatic carboxylic acids is 1. The van der Waals surface area contributed by atoms with Crippen molar-refractivity contribution in [2.75, 3.05) is 11.9 Å². The summed E-state index contributed by atoms with van der Waals surface area (Å²) < 4.78 is 0. The van der Waals surface area contributed by atoms with Crippen LogP contribution in [-0.4, -0.2) is 18.1 Å². The minimum atomic E-state index is -0.930. The molecule has 0 aromatic heterocycles. The molecule has 1 atom stereocenters. The standard InChI is InChI=1S/C15H16N2O2/c1-17(12-5-3-2-4-6-12)10-11-7-8-13(15(18)19)14(16)9-11/h2-10,13H,16H2,1H3,(H,18,19)/b11-10-. The highest BCUT2D eigenvalue weighted by molar-refractivity contribution is 5.77. The van der Waals surface area contributed by atoms with Crippen LogP contribution in [-0.2, 0) is 4.79 Å². The number of rotatable bonds is 3. The molecule has 0 spiro atoms.